The molecule has 148 valence electrons. The van der Waals surface area contributed by atoms with Crippen LogP contribution in [0.15, 0.2) is 36.4 Å². The van der Waals surface area contributed by atoms with Crippen molar-refractivity contribution in [3.05, 3.63) is 68.2 Å². The minimum Gasteiger partial charge on any atom is -0.490 e. The number of aromatic amines is 1. The normalized spacial score (nSPS) is 10.7. The number of ether oxygens (including phenoxy) is 2. The van der Waals surface area contributed by atoms with Crippen LogP contribution >= 0.6 is 35.4 Å². The molecule has 0 bridgehead atoms. The topological polar surface area (TPSA) is 64.1 Å². The summed E-state index contributed by atoms with van der Waals surface area (Å²) in [7, 11) is 0. The van der Waals surface area contributed by atoms with Crippen molar-refractivity contribution in [2.75, 3.05) is 12.0 Å². The molecule has 1 heterocycles. The summed E-state index contributed by atoms with van der Waals surface area (Å²) in [5, 5.41) is 8.02. The first-order valence-corrected chi connectivity index (χ1v) is 9.84. The maximum atomic E-state index is 6.47. The molecule has 6 nitrogen and oxygen atoms in total. The van der Waals surface area contributed by atoms with E-state index in [2.05, 4.69) is 15.6 Å². The highest BCUT2D eigenvalue weighted by molar-refractivity contribution is 7.71. The van der Waals surface area contributed by atoms with Crippen LogP contribution < -0.4 is 14.9 Å². The Bertz CT molecular complexity index is 1020. The third-order valence-electron chi connectivity index (χ3n) is 3.96. The van der Waals surface area contributed by atoms with Gasteiger partial charge >= 0.3 is 0 Å². The minimum absolute atomic E-state index is 0.359. The van der Waals surface area contributed by atoms with Gasteiger partial charge in [-0.2, -0.15) is 5.10 Å². The molecule has 2 N–H and O–H groups in total. The minimum atomic E-state index is 0.359. The third kappa shape index (κ3) is 4.98. The van der Waals surface area contributed by atoms with Crippen molar-refractivity contribution in [1.29, 1.82) is 0 Å². The molecule has 0 aliphatic rings. The molecule has 28 heavy (non-hydrogen) atoms. The first kappa shape index (κ1) is 20.5. The molecule has 0 unspecified atom stereocenters. The molecule has 3 aromatic rings. The van der Waals surface area contributed by atoms with E-state index in [9.17, 15) is 0 Å². The molecule has 0 fully saturated rings. The Hall–Kier alpha value is -2.22. The van der Waals surface area contributed by atoms with Gasteiger partial charge in [-0.25, -0.2) is 4.68 Å². The molecule has 0 aliphatic carbocycles. The van der Waals surface area contributed by atoms with Gasteiger partial charge in [0.05, 0.1) is 13.2 Å². The van der Waals surface area contributed by atoms with E-state index in [0.717, 1.165) is 17.0 Å². The van der Waals surface area contributed by atoms with E-state index < -0.39 is 0 Å². The van der Waals surface area contributed by atoms with Crippen LogP contribution in [0.3, 0.4) is 0 Å². The van der Waals surface area contributed by atoms with Gasteiger partial charge in [0.2, 0.25) is 4.77 Å². The van der Waals surface area contributed by atoms with Crippen molar-refractivity contribution in [3.63, 3.8) is 0 Å². The first-order valence-electron chi connectivity index (χ1n) is 8.68. The highest BCUT2D eigenvalue weighted by atomic mass is 35.5. The third-order valence-corrected chi connectivity index (χ3v) is 4.82. The summed E-state index contributed by atoms with van der Waals surface area (Å²) in [6.45, 7) is 5.08. The highest BCUT2D eigenvalue weighted by Gasteiger charge is 2.12. The average Bonchev–Trinajstić information content (AvgIpc) is 2.98. The Kier molecular flexibility index (Phi) is 6.83. The second kappa shape index (κ2) is 9.32. The number of nitrogens with zero attached hydrogens (tertiary/aromatic N) is 2. The predicted molar refractivity (Wildman–Crippen MR) is 114 cm³/mol. The molecule has 0 atom stereocenters. The van der Waals surface area contributed by atoms with Gasteiger partial charge in [-0.15, -0.1) is 0 Å². The molecule has 2 aromatic carbocycles. The molecule has 0 spiro atoms. The quantitative estimate of drug-likeness (QED) is 0.468. The lowest BCUT2D eigenvalue weighted by molar-refractivity contribution is 0.269. The van der Waals surface area contributed by atoms with Gasteiger partial charge in [0.25, 0.3) is 0 Å². The van der Waals surface area contributed by atoms with Crippen LogP contribution in [0.2, 0.25) is 10.0 Å². The van der Waals surface area contributed by atoms with Gasteiger partial charge in [0.1, 0.15) is 12.4 Å². The van der Waals surface area contributed by atoms with Crippen LogP contribution in [0.1, 0.15) is 23.9 Å². The van der Waals surface area contributed by atoms with Crippen molar-refractivity contribution >= 4 is 35.4 Å². The van der Waals surface area contributed by atoms with Crippen LogP contribution in [0.4, 0.5) is 0 Å². The second-order valence-corrected chi connectivity index (χ2v) is 7.22. The molecule has 0 saturated heterocycles. The van der Waals surface area contributed by atoms with Crippen LogP contribution in [-0.4, -0.2) is 21.5 Å². The van der Waals surface area contributed by atoms with Crippen LogP contribution in [0.5, 0.6) is 11.5 Å². The Morgan fingerprint density at radius 3 is 2.64 bits per heavy atom. The molecule has 0 aliphatic heterocycles. The lowest BCUT2D eigenvalue weighted by Gasteiger charge is -2.16. The summed E-state index contributed by atoms with van der Waals surface area (Å²) >= 11 is 17.7. The van der Waals surface area contributed by atoms with Crippen LogP contribution in [0.25, 0.3) is 0 Å². The highest BCUT2D eigenvalue weighted by Crippen LogP contribution is 2.34. The lowest BCUT2D eigenvalue weighted by atomic mass is 10.2. The zero-order chi connectivity index (χ0) is 20.1. The summed E-state index contributed by atoms with van der Waals surface area (Å²) in [6, 6.07) is 11.1. The van der Waals surface area contributed by atoms with Crippen molar-refractivity contribution in [2.24, 2.45) is 0 Å². The van der Waals surface area contributed by atoms with E-state index in [-0.39, 0.29) is 0 Å². The van der Waals surface area contributed by atoms with Crippen LogP contribution in [0, 0.1) is 11.7 Å². The molecule has 9 heteroatoms. The molecule has 0 radical (unpaired) electrons. The largest absolute Gasteiger partial charge is 0.490 e. The number of aromatic nitrogens is 3. The van der Waals surface area contributed by atoms with E-state index in [1.807, 2.05) is 44.2 Å². The lowest BCUT2D eigenvalue weighted by Crippen LogP contribution is -2.16. The summed E-state index contributed by atoms with van der Waals surface area (Å²) in [6.07, 6.45) is 0. The fourth-order valence-corrected chi connectivity index (χ4v) is 3.28. The zero-order valence-corrected chi connectivity index (χ0v) is 17.8. The predicted octanol–water partition coefficient (Wildman–Crippen LogP) is 5.28. The summed E-state index contributed by atoms with van der Waals surface area (Å²) in [5.41, 5.74) is 5.00. The SMILES string of the molecule is CCOc1cc(CNn2c(C)n[nH]c2=S)c(Cl)cc1OCc1cccc(Cl)c1. The maximum Gasteiger partial charge on any atom is 0.214 e. The van der Waals surface area contributed by atoms with E-state index in [0.29, 0.717) is 46.1 Å². The zero-order valence-electron chi connectivity index (χ0n) is 15.5. The number of hydrogen-bond donors (Lipinski definition) is 2. The molecular weight excluding hydrogens is 419 g/mol. The summed E-state index contributed by atoms with van der Waals surface area (Å²) in [5.74, 6) is 1.93. The Morgan fingerprint density at radius 2 is 1.96 bits per heavy atom. The summed E-state index contributed by atoms with van der Waals surface area (Å²) < 4.78 is 13.9. The van der Waals surface area contributed by atoms with Gasteiger partial charge < -0.3 is 14.9 Å². The number of rotatable bonds is 8. The van der Waals surface area contributed by atoms with Gasteiger partial charge in [0, 0.05) is 16.1 Å². The van der Waals surface area contributed by atoms with Crippen LogP contribution in [-0.2, 0) is 13.2 Å². The molecular formula is C19H20Cl2N4O2S. The van der Waals surface area contributed by atoms with E-state index in [1.165, 1.54) is 0 Å². The van der Waals surface area contributed by atoms with Gasteiger partial charge in [-0.1, -0.05) is 35.3 Å². The number of aryl methyl sites for hydroxylation is 1. The monoisotopic (exact) mass is 438 g/mol. The molecule has 3 rings (SSSR count). The number of nitrogens with one attached hydrogen (secondary N) is 2. The van der Waals surface area contributed by atoms with Crippen molar-refractivity contribution < 1.29 is 9.47 Å². The number of hydrogen-bond acceptors (Lipinski definition) is 5. The van der Waals surface area contributed by atoms with Crippen molar-refractivity contribution in [1.82, 2.24) is 14.9 Å². The number of benzene rings is 2. The molecule has 0 saturated carbocycles. The first-order chi connectivity index (χ1) is 13.5. The maximum absolute atomic E-state index is 6.47. The Morgan fingerprint density at radius 1 is 1.18 bits per heavy atom. The van der Waals surface area contributed by atoms with E-state index >= 15 is 0 Å². The molecule has 1 aromatic heterocycles. The Labute approximate surface area is 178 Å². The van der Waals surface area contributed by atoms with E-state index in [4.69, 9.17) is 44.9 Å². The second-order valence-electron chi connectivity index (χ2n) is 5.99. The number of H-pyrrole nitrogens is 1. The number of halogens is 2. The smallest absolute Gasteiger partial charge is 0.214 e. The summed E-state index contributed by atoms with van der Waals surface area (Å²) in [4.78, 5) is 0. The fraction of sp³-hybridized carbons (Fsp3) is 0.263. The standard InChI is InChI=1S/C19H20Cl2N4O2S/c1-3-26-17-8-14(10-22-25-12(2)23-24-19(25)28)16(21)9-18(17)27-11-13-5-4-6-15(20)7-13/h4-9,22H,3,10-11H2,1-2H3,(H,24,28). The molecule has 0 amide bonds. The van der Waals surface area contributed by atoms with Crippen molar-refractivity contribution in [2.45, 2.75) is 27.0 Å². The van der Waals surface area contributed by atoms with Crippen molar-refractivity contribution in [3.8, 4) is 11.5 Å². The van der Waals surface area contributed by atoms with Gasteiger partial charge in [0.15, 0.2) is 11.5 Å². The van der Waals surface area contributed by atoms with Gasteiger partial charge in [-0.05, 0) is 55.4 Å². The van der Waals surface area contributed by atoms with E-state index in [1.54, 1.807) is 10.7 Å². The fourth-order valence-electron chi connectivity index (χ4n) is 2.61. The Balaban J connectivity index is 1.78. The average molecular weight is 439 g/mol. The van der Waals surface area contributed by atoms with Gasteiger partial charge in [-0.3, -0.25) is 5.10 Å².